The van der Waals surface area contributed by atoms with Crippen LogP contribution in [0.4, 0.5) is 5.69 Å². The summed E-state index contributed by atoms with van der Waals surface area (Å²) >= 11 is 9.67. The Morgan fingerprint density at radius 2 is 1.70 bits per heavy atom. The molecule has 4 rings (SSSR count). The molecular weight excluding hydrogens is 452 g/mol. The maximum atomic E-state index is 13.0. The number of anilines is 1. The largest absolute Gasteiger partial charge is 0.306 e. The van der Waals surface area contributed by atoms with Gasteiger partial charge in [-0.3, -0.25) is 9.69 Å². The predicted octanol–water partition coefficient (Wildman–Crippen LogP) is 3.12. The van der Waals surface area contributed by atoms with Gasteiger partial charge in [0.05, 0.1) is 24.1 Å². The molecule has 0 spiro atoms. The molecule has 1 amide bonds. The van der Waals surface area contributed by atoms with Crippen LogP contribution in [-0.2, 0) is 21.2 Å². The van der Waals surface area contributed by atoms with Crippen LogP contribution < -0.4 is 4.90 Å². The third-order valence-corrected chi connectivity index (χ3v) is 7.73. The van der Waals surface area contributed by atoms with Crippen molar-refractivity contribution in [3.63, 3.8) is 0 Å². The minimum Gasteiger partial charge on any atom is -0.306 e. The highest BCUT2D eigenvalue weighted by Gasteiger charge is 2.49. The number of sulfone groups is 1. The van der Waals surface area contributed by atoms with Gasteiger partial charge in [0.25, 0.3) is 0 Å². The Morgan fingerprint density at radius 1 is 1.04 bits per heavy atom. The molecule has 8 heteroatoms. The first-order valence-corrected chi connectivity index (χ1v) is 11.6. The van der Waals surface area contributed by atoms with Gasteiger partial charge in [-0.15, -0.1) is 0 Å². The van der Waals surface area contributed by atoms with E-state index < -0.39 is 9.84 Å². The number of carbonyl (C=O) groups excluding carboxylic acids is 1. The second kappa shape index (κ2) is 7.20. The van der Waals surface area contributed by atoms with Crippen molar-refractivity contribution in [3.8, 4) is 0 Å². The molecule has 2 atom stereocenters. The molecule has 0 N–H and O–H groups in total. The van der Waals surface area contributed by atoms with E-state index >= 15 is 0 Å². The van der Waals surface area contributed by atoms with Gasteiger partial charge in [-0.25, -0.2) is 8.42 Å². The first-order chi connectivity index (χ1) is 12.8. The van der Waals surface area contributed by atoms with E-state index in [1.54, 1.807) is 11.0 Å². The molecule has 2 aliphatic rings. The molecule has 0 unspecified atom stereocenters. The Morgan fingerprint density at radius 3 is 2.41 bits per heavy atom. The second-order valence-electron chi connectivity index (χ2n) is 6.95. The number of rotatable bonds is 3. The summed E-state index contributed by atoms with van der Waals surface area (Å²) < 4.78 is 25.7. The highest BCUT2D eigenvalue weighted by molar-refractivity contribution is 9.10. The van der Waals surface area contributed by atoms with Gasteiger partial charge in [0.1, 0.15) is 0 Å². The van der Waals surface area contributed by atoms with Crippen LogP contribution in [0.3, 0.4) is 0 Å². The lowest BCUT2D eigenvalue weighted by Gasteiger charge is -2.43. The Kier molecular flexibility index (Phi) is 5.05. The van der Waals surface area contributed by atoms with Gasteiger partial charge in [-0.2, -0.15) is 0 Å². The number of hydrogen-bond donors (Lipinski definition) is 0. The Bertz CT molecular complexity index is 981. The van der Waals surface area contributed by atoms with Crippen LogP contribution in [-0.4, -0.2) is 49.4 Å². The third-order valence-electron chi connectivity index (χ3n) is 5.14. The zero-order valence-electron chi connectivity index (χ0n) is 14.4. The number of carbonyl (C=O) groups is 1. The van der Waals surface area contributed by atoms with Gasteiger partial charge in [0.2, 0.25) is 5.91 Å². The van der Waals surface area contributed by atoms with E-state index in [0.717, 1.165) is 15.7 Å². The van der Waals surface area contributed by atoms with Crippen LogP contribution in [0.5, 0.6) is 0 Å². The fourth-order valence-corrected chi connectivity index (χ4v) is 6.35. The molecular formula is C19H18BrClN2O3S. The topological polar surface area (TPSA) is 57.7 Å². The van der Waals surface area contributed by atoms with E-state index in [2.05, 4.69) is 15.9 Å². The maximum absolute atomic E-state index is 13.0. The van der Waals surface area contributed by atoms with Gasteiger partial charge in [0, 0.05) is 27.8 Å². The molecule has 0 aliphatic carbocycles. The lowest BCUT2D eigenvalue weighted by Crippen LogP contribution is -2.61. The lowest BCUT2D eigenvalue weighted by atomic mass is 10.0. The minimum absolute atomic E-state index is 0.0154. The van der Waals surface area contributed by atoms with Crippen molar-refractivity contribution in [2.75, 3.05) is 23.0 Å². The molecule has 2 heterocycles. The van der Waals surface area contributed by atoms with E-state index in [0.29, 0.717) is 11.6 Å². The predicted molar refractivity (Wildman–Crippen MR) is 110 cm³/mol. The molecule has 0 saturated carbocycles. The van der Waals surface area contributed by atoms with Crippen molar-refractivity contribution >= 4 is 49.0 Å². The molecule has 2 saturated heterocycles. The highest BCUT2D eigenvalue weighted by atomic mass is 79.9. The molecule has 2 aromatic rings. The first-order valence-electron chi connectivity index (χ1n) is 8.59. The highest BCUT2D eigenvalue weighted by Crippen LogP contribution is 2.33. The van der Waals surface area contributed by atoms with E-state index in [1.807, 2.05) is 47.4 Å². The molecule has 2 aliphatic heterocycles. The molecule has 0 bridgehead atoms. The zero-order chi connectivity index (χ0) is 19.2. The van der Waals surface area contributed by atoms with E-state index in [-0.39, 0.29) is 36.0 Å². The van der Waals surface area contributed by atoms with Crippen molar-refractivity contribution in [3.05, 3.63) is 63.6 Å². The minimum atomic E-state index is -3.21. The molecule has 2 fully saturated rings. The summed E-state index contributed by atoms with van der Waals surface area (Å²) in [5.41, 5.74) is 1.62. The Hall–Kier alpha value is -1.41. The fourth-order valence-electron chi connectivity index (χ4n) is 3.91. The number of amides is 1. The van der Waals surface area contributed by atoms with Crippen LogP contribution in [0.15, 0.2) is 53.0 Å². The van der Waals surface area contributed by atoms with Gasteiger partial charge < -0.3 is 4.90 Å². The van der Waals surface area contributed by atoms with Gasteiger partial charge in [-0.1, -0.05) is 45.7 Å². The van der Waals surface area contributed by atoms with Crippen LogP contribution in [0.25, 0.3) is 0 Å². The number of benzene rings is 2. The second-order valence-corrected chi connectivity index (χ2v) is 10.4. The summed E-state index contributed by atoms with van der Waals surface area (Å²) in [6, 6.07) is 14.2. The van der Waals surface area contributed by atoms with Crippen LogP contribution in [0.1, 0.15) is 5.56 Å². The van der Waals surface area contributed by atoms with Crippen molar-refractivity contribution < 1.29 is 13.2 Å². The van der Waals surface area contributed by atoms with E-state index in [1.165, 1.54) is 0 Å². The molecule has 142 valence electrons. The quantitative estimate of drug-likeness (QED) is 0.693. The Labute approximate surface area is 172 Å². The number of nitrogens with zero attached hydrogens (tertiary/aromatic N) is 2. The monoisotopic (exact) mass is 468 g/mol. The maximum Gasteiger partial charge on any atom is 0.241 e. The summed E-state index contributed by atoms with van der Waals surface area (Å²) in [5.74, 6) is -0.0521. The lowest BCUT2D eigenvalue weighted by molar-refractivity contribution is -0.123. The van der Waals surface area contributed by atoms with Crippen LogP contribution >= 0.6 is 27.5 Å². The average molecular weight is 470 g/mol. The normalized spacial score (nSPS) is 24.8. The van der Waals surface area contributed by atoms with Crippen molar-refractivity contribution in [1.29, 1.82) is 0 Å². The first kappa shape index (κ1) is 18.9. The van der Waals surface area contributed by atoms with Crippen LogP contribution in [0, 0.1) is 0 Å². The standard InChI is InChI=1S/C19H18BrClN2O3S/c20-14-5-7-15(8-6-14)23-18-12-27(25,26)11-17(18)22(10-19(23)24)9-13-3-1-2-4-16(13)21/h1-8,17-18H,9-12H2/t17-,18+/m0/s1. The Balaban J connectivity index is 1.68. The van der Waals surface area contributed by atoms with E-state index in [4.69, 9.17) is 11.6 Å². The SMILES string of the molecule is O=C1CN(Cc2ccccc2Cl)[C@H]2CS(=O)(=O)C[C@H]2N1c1ccc(Br)cc1. The van der Waals surface area contributed by atoms with Gasteiger partial charge in [-0.05, 0) is 35.9 Å². The molecule has 0 aromatic heterocycles. The van der Waals surface area contributed by atoms with Crippen LogP contribution in [0.2, 0.25) is 5.02 Å². The fraction of sp³-hybridized carbons (Fsp3) is 0.316. The summed E-state index contributed by atoms with van der Waals surface area (Å²) in [7, 11) is -3.21. The number of piperazine rings is 1. The number of hydrogen-bond acceptors (Lipinski definition) is 4. The van der Waals surface area contributed by atoms with Crippen molar-refractivity contribution in [2.24, 2.45) is 0 Å². The average Bonchev–Trinajstić information content (AvgIpc) is 2.93. The summed E-state index contributed by atoms with van der Waals surface area (Å²) in [5, 5.41) is 0.623. The smallest absolute Gasteiger partial charge is 0.241 e. The zero-order valence-corrected chi connectivity index (χ0v) is 17.5. The molecule has 5 nitrogen and oxygen atoms in total. The van der Waals surface area contributed by atoms with Crippen molar-refractivity contribution in [2.45, 2.75) is 18.6 Å². The van der Waals surface area contributed by atoms with Gasteiger partial charge >= 0.3 is 0 Å². The summed E-state index contributed by atoms with van der Waals surface area (Å²) in [4.78, 5) is 16.6. The number of halogens is 2. The van der Waals surface area contributed by atoms with E-state index in [9.17, 15) is 13.2 Å². The molecule has 2 aromatic carbocycles. The molecule has 27 heavy (non-hydrogen) atoms. The summed E-state index contributed by atoms with van der Waals surface area (Å²) in [6.07, 6.45) is 0. The third kappa shape index (κ3) is 3.78. The molecule has 0 radical (unpaired) electrons. The summed E-state index contributed by atoms with van der Waals surface area (Å²) in [6.45, 7) is 0.619. The number of fused-ring (bicyclic) bond motifs is 1. The van der Waals surface area contributed by atoms with Gasteiger partial charge in [0.15, 0.2) is 9.84 Å². The van der Waals surface area contributed by atoms with Crippen molar-refractivity contribution in [1.82, 2.24) is 4.90 Å².